The Morgan fingerprint density at radius 3 is 2.10 bits per heavy atom. The van der Waals surface area contributed by atoms with Crippen LogP contribution in [0.5, 0.6) is 0 Å². The molecule has 0 aromatic rings. The predicted molar refractivity (Wildman–Crippen MR) is 49.1 cm³/mol. The molecular weight excluding hydrogens is 205 g/mol. The first-order valence-electron chi connectivity index (χ1n) is 2.36. The third kappa shape index (κ3) is 47.4. The van der Waals surface area contributed by atoms with E-state index in [0.29, 0.717) is 15.4 Å². The Morgan fingerprint density at radius 1 is 1.60 bits per heavy atom. The molecular formula is C6H9GeN2S-3. The van der Waals surface area contributed by atoms with E-state index in [2.05, 4.69) is 11.5 Å². The van der Waals surface area contributed by atoms with Crippen LogP contribution in [0.4, 0.5) is 0 Å². The number of nitriles is 1. The minimum absolute atomic E-state index is 0. The van der Waals surface area contributed by atoms with E-state index in [1.165, 1.54) is 0 Å². The Bertz CT molecular complexity index is 124. The Balaban J connectivity index is -0.000000107. The van der Waals surface area contributed by atoms with Gasteiger partial charge in [0, 0.05) is 0 Å². The Morgan fingerprint density at radius 2 is 2.00 bits per heavy atom. The van der Waals surface area contributed by atoms with Crippen molar-refractivity contribution in [2.24, 2.45) is 0 Å². The summed E-state index contributed by atoms with van der Waals surface area (Å²) in [5, 5.41) is 15.4. The molecule has 0 N–H and O–H groups in total. The fourth-order valence-corrected chi connectivity index (χ4v) is 0.0745. The van der Waals surface area contributed by atoms with Gasteiger partial charge in [0.25, 0.3) is 0 Å². The van der Waals surface area contributed by atoms with Crippen molar-refractivity contribution in [3.63, 3.8) is 0 Å². The summed E-state index contributed by atoms with van der Waals surface area (Å²) in [6.07, 6.45) is 2.25. The molecule has 56 valence electrons. The summed E-state index contributed by atoms with van der Waals surface area (Å²) >= 11 is 0.500. The maximum atomic E-state index is 7.71. The van der Waals surface area contributed by atoms with Gasteiger partial charge in [-0.1, -0.05) is 0 Å². The molecule has 0 saturated heterocycles. The molecule has 0 bridgehead atoms. The zero-order chi connectivity index (χ0) is 7.54. The predicted octanol–water partition coefficient (Wildman–Crippen LogP) is 1.03. The first-order valence-corrected chi connectivity index (χ1v) is 6.55. The smallest absolute Gasteiger partial charge is 0.813 e. The van der Waals surface area contributed by atoms with Crippen molar-refractivity contribution in [2.75, 3.05) is 0 Å². The van der Waals surface area contributed by atoms with Gasteiger partial charge in [0.2, 0.25) is 0 Å². The Kier molecular flexibility index (Phi) is 38.2. The molecule has 0 aromatic carbocycles. The van der Waals surface area contributed by atoms with Crippen molar-refractivity contribution in [2.45, 2.75) is 11.5 Å². The molecule has 0 amide bonds. The molecule has 0 aliphatic heterocycles. The summed E-state index contributed by atoms with van der Waals surface area (Å²) in [5.41, 5.74) is 0. The zero-order valence-electron chi connectivity index (χ0n) is 6.00. The number of hydrogen-bond donors (Lipinski definition) is 0. The van der Waals surface area contributed by atoms with Crippen molar-refractivity contribution in [1.82, 2.24) is 0 Å². The molecule has 0 unspecified atom stereocenters. The number of rotatable bonds is 1. The van der Waals surface area contributed by atoms with E-state index >= 15 is 0 Å². The minimum Gasteiger partial charge on any atom is -0.813 e. The molecule has 0 heterocycles. The van der Waals surface area contributed by atoms with Gasteiger partial charge in [0.15, 0.2) is 0 Å². The van der Waals surface area contributed by atoms with Gasteiger partial charge < -0.3 is 24.8 Å². The van der Waals surface area contributed by atoms with Crippen LogP contribution in [0.2, 0.25) is 11.5 Å². The molecule has 0 atom stereocenters. The van der Waals surface area contributed by atoms with Crippen LogP contribution in [-0.2, 0) is 13.5 Å². The fourth-order valence-electron chi connectivity index (χ4n) is 0.0745. The van der Waals surface area contributed by atoms with Crippen LogP contribution in [-0.4, -0.2) is 21.3 Å². The van der Waals surface area contributed by atoms with Crippen molar-refractivity contribution in [1.29, 1.82) is 5.26 Å². The quantitative estimate of drug-likeness (QED) is 0.215. The van der Waals surface area contributed by atoms with E-state index in [1.54, 1.807) is 11.9 Å². The largest absolute Gasteiger partial charge is 0.813 e. The number of allylic oxidation sites excluding steroid dienone is 1. The second-order valence-corrected chi connectivity index (χ2v) is 3.19. The molecule has 0 aliphatic rings. The summed E-state index contributed by atoms with van der Waals surface area (Å²) in [4.78, 5) is 0. The second-order valence-electron chi connectivity index (χ2n) is 1.09. The van der Waals surface area contributed by atoms with E-state index in [4.69, 9.17) is 10.7 Å². The molecule has 2 radical (unpaired) electrons. The molecule has 2 nitrogen and oxygen atoms in total. The first-order chi connectivity index (χ1) is 4.33. The van der Waals surface area contributed by atoms with Crippen LogP contribution in [0.15, 0.2) is 6.08 Å². The molecule has 0 fully saturated rings. The van der Waals surface area contributed by atoms with Gasteiger partial charge in [0.05, 0.1) is 0 Å². The molecule has 0 aliphatic carbocycles. The van der Waals surface area contributed by atoms with Crippen LogP contribution in [0.25, 0.3) is 5.41 Å². The van der Waals surface area contributed by atoms with Gasteiger partial charge in [-0.3, -0.25) is 0 Å². The topological polar surface area (TPSA) is 46.1 Å². The third-order valence-electron chi connectivity index (χ3n) is 0.232. The van der Waals surface area contributed by atoms with E-state index in [1.807, 2.05) is 0 Å². The number of nitrogens with zero attached hydrogens (tertiary/aromatic N) is 2. The maximum absolute atomic E-state index is 7.71. The van der Waals surface area contributed by atoms with Crippen LogP contribution in [0.3, 0.4) is 0 Å². The standard InChI is InChI=1S/C4H2N2.C2H6Ge.H2S/c5-3-1-2-4-6;1-3-2;/h1-2H;1-2H3;1H2/q-2;;/p-1. The van der Waals surface area contributed by atoms with Gasteiger partial charge in [-0.15, -0.1) is 6.42 Å². The molecule has 0 saturated carbocycles. The van der Waals surface area contributed by atoms with E-state index in [0.717, 1.165) is 12.5 Å². The van der Waals surface area contributed by atoms with Gasteiger partial charge in [0.1, 0.15) is 0 Å². The third-order valence-corrected chi connectivity index (χ3v) is 0.232. The first kappa shape index (κ1) is 16.4. The summed E-state index contributed by atoms with van der Waals surface area (Å²) < 4.78 is 0. The second kappa shape index (κ2) is 23.3. The minimum atomic E-state index is 0. The van der Waals surface area contributed by atoms with Gasteiger partial charge >= 0.3 is 26.9 Å². The summed E-state index contributed by atoms with van der Waals surface area (Å²) in [6, 6.07) is 1.67. The Hall–Kier alpha value is -0.297. The molecule has 4 heteroatoms. The van der Waals surface area contributed by atoms with Crippen LogP contribution >= 0.6 is 0 Å². The van der Waals surface area contributed by atoms with Gasteiger partial charge in [-0.05, 0) is 6.07 Å². The molecule has 0 spiro atoms. The van der Waals surface area contributed by atoms with Crippen molar-refractivity contribution in [3.05, 3.63) is 17.9 Å². The van der Waals surface area contributed by atoms with Crippen LogP contribution in [0.1, 0.15) is 0 Å². The Labute approximate surface area is 75.7 Å². The molecule has 0 rings (SSSR count). The average molecular weight is 214 g/mol. The van der Waals surface area contributed by atoms with Crippen LogP contribution in [0, 0.1) is 17.8 Å². The van der Waals surface area contributed by atoms with Gasteiger partial charge in [-0.2, -0.15) is 0 Å². The fraction of sp³-hybridized carbons (Fsp3) is 0.333. The summed E-state index contributed by atoms with van der Waals surface area (Å²) in [7, 11) is 0. The number of thiol groups is 1. The average Bonchev–Trinajstić information content (AvgIpc) is 1.86. The summed E-state index contributed by atoms with van der Waals surface area (Å²) in [6.45, 7) is 0. The maximum Gasteiger partial charge on any atom is -0.813 e. The normalized spacial score (nSPS) is 4.50. The summed E-state index contributed by atoms with van der Waals surface area (Å²) in [5.74, 6) is 6.17. The number of hydrogen-bond acceptors (Lipinski definition) is 2. The monoisotopic (exact) mass is 215 g/mol. The zero-order valence-corrected chi connectivity index (χ0v) is 8.99. The molecule has 10 heavy (non-hydrogen) atoms. The van der Waals surface area contributed by atoms with Gasteiger partial charge in [-0.25, -0.2) is 11.3 Å². The SMILES string of the molecule is N#C[CH-]C=C=[N-].[CH3][Ge][CH3].[SH-]. The molecule has 0 aromatic heterocycles. The van der Waals surface area contributed by atoms with E-state index < -0.39 is 0 Å². The van der Waals surface area contributed by atoms with Crippen LogP contribution < -0.4 is 0 Å². The van der Waals surface area contributed by atoms with E-state index in [-0.39, 0.29) is 13.5 Å². The van der Waals surface area contributed by atoms with Crippen molar-refractivity contribution in [3.8, 4) is 6.07 Å². The van der Waals surface area contributed by atoms with Crippen molar-refractivity contribution < 1.29 is 0 Å². The van der Waals surface area contributed by atoms with E-state index in [9.17, 15) is 0 Å². The van der Waals surface area contributed by atoms with Crippen molar-refractivity contribution >= 4 is 34.8 Å².